The smallest absolute Gasteiger partial charge is 0.321 e. The third-order valence-corrected chi connectivity index (χ3v) is 9.85. The van der Waals surface area contributed by atoms with E-state index in [0.29, 0.717) is 23.4 Å². The topological polar surface area (TPSA) is 85.4 Å². The molecule has 0 unspecified atom stereocenters. The number of aromatic nitrogens is 2. The van der Waals surface area contributed by atoms with Crippen molar-refractivity contribution in [3.05, 3.63) is 65.5 Å². The van der Waals surface area contributed by atoms with Crippen LogP contribution < -0.4 is 0 Å². The van der Waals surface area contributed by atoms with Gasteiger partial charge >= 0.3 is 5.97 Å². The molecule has 3 heterocycles. The van der Waals surface area contributed by atoms with E-state index < -0.39 is 5.97 Å². The lowest BCUT2D eigenvalue weighted by Crippen LogP contribution is -2.46. The highest BCUT2D eigenvalue weighted by Crippen LogP contribution is 2.39. The van der Waals surface area contributed by atoms with Gasteiger partial charge in [0.1, 0.15) is 11.9 Å². The second-order valence-electron chi connectivity index (χ2n) is 12.3. The average molecular weight is 540 g/mol. The maximum absolute atomic E-state index is 12.6. The van der Waals surface area contributed by atoms with E-state index in [1.54, 1.807) is 0 Å². The number of benzene rings is 2. The van der Waals surface area contributed by atoms with E-state index in [4.69, 9.17) is 4.98 Å². The minimum Gasteiger partial charge on any atom is -0.480 e. The quantitative estimate of drug-likeness (QED) is 0.421. The van der Waals surface area contributed by atoms with Crippen LogP contribution in [0.3, 0.4) is 0 Å². The van der Waals surface area contributed by atoms with E-state index >= 15 is 0 Å². The van der Waals surface area contributed by atoms with Crippen molar-refractivity contribution < 1.29 is 9.90 Å². The fourth-order valence-electron chi connectivity index (χ4n) is 7.94. The van der Waals surface area contributed by atoms with Crippen LogP contribution in [0.15, 0.2) is 48.5 Å². The molecular weight excluding hydrogens is 498 g/mol. The summed E-state index contributed by atoms with van der Waals surface area (Å²) in [6, 6.07) is 18.9. The zero-order chi connectivity index (χ0) is 27.6. The minimum absolute atomic E-state index is 0.273. The van der Waals surface area contributed by atoms with Crippen molar-refractivity contribution in [3.8, 4) is 6.07 Å². The Balaban J connectivity index is 1.16. The molecule has 6 rings (SSSR count). The molecule has 1 aliphatic carbocycles. The fraction of sp³-hybridized carbons (Fsp3) is 0.545. The predicted octanol–water partition coefficient (Wildman–Crippen LogP) is 5.60. The number of hydrogen-bond acceptors (Lipinski definition) is 5. The van der Waals surface area contributed by atoms with Crippen LogP contribution in [0.1, 0.15) is 73.9 Å². The van der Waals surface area contributed by atoms with Crippen molar-refractivity contribution in [3.63, 3.8) is 0 Å². The van der Waals surface area contributed by atoms with E-state index in [1.165, 1.54) is 12.0 Å². The van der Waals surface area contributed by atoms with E-state index in [1.807, 2.05) is 18.2 Å². The first-order chi connectivity index (χ1) is 19.5. The van der Waals surface area contributed by atoms with Gasteiger partial charge in [0.15, 0.2) is 0 Å². The zero-order valence-electron chi connectivity index (χ0n) is 23.6. The number of nitriles is 1. The standard InChI is InChI=1S/C33H41N5O2/c1-23-35-30-18-24(19-34)12-13-31(30)38(23)28-14-16-36(17-15-28)20-27-21-37(22-29(27)25-8-4-2-5-9-25)32(33(39)40)26-10-6-3-7-11-26/h2,4-5,8-9,12-13,18,26-29,32H,3,6-7,10-11,14-17,20-22H2,1H3,(H,39,40)/t27-,29+,32+/m0/s1. The summed E-state index contributed by atoms with van der Waals surface area (Å²) in [7, 11) is 0. The summed E-state index contributed by atoms with van der Waals surface area (Å²) < 4.78 is 2.37. The van der Waals surface area contributed by atoms with Gasteiger partial charge in [0.05, 0.1) is 22.7 Å². The molecule has 40 heavy (non-hydrogen) atoms. The monoisotopic (exact) mass is 539 g/mol. The van der Waals surface area contributed by atoms with Crippen molar-refractivity contribution in [2.75, 3.05) is 32.7 Å². The number of aliphatic carboxylic acids is 1. The molecule has 0 amide bonds. The Morgan fingerprint density at radius 3 is 2.50 bits per heavy atom. The van der Waals surface area contributed by atoms with Crippen LogP contribution in [0, 0.1) is 30.1 Å². The van der Waals surface area contributed by atoms with Gasteiger partial charge in [-0.2, -0.15) is 5.26 Å². The van der Waals surface area contributed by atoms with E-state index in [9.17, 15) is 15.2 Å². The van der Waals surface area contributed by atoms with Gasteiger partial charge in [-0.05, 0) is 68.2 Å². The number of carboxylic acid groups (broad SMARTS) is 1. The molecule has 3 aliphatic rings. The van der Waals surface area contributed by atoms with Gasteiger partial charge in [0, 0.05) is 44.7 Å². The van der Waals surface area contributed by atoms with Gasteiger partial charge in [-0.1, -0.05) is 49.6 Å². The van der Waals surface area contributed by atoms with Gasteiger partial charge in [0.25, 0.3) is 0 Å². The summed E-state index contributed by atoms with van der Waals surface area (Å²) in [4.78, 5) is 22.3. The largest absolute Gasteiger partial charge is 0.480 e. The first kappa shape index (κ1) is 27.0. The van der Waals surface area contributed by atoms with Crippen molar-refractivity contribution in [1.29, 1.82) is 5.26 Å². The molecule has 2 aromatic carbocycles. The fourth-order valence-corrected chi connectivity index (χ4v) is 7.94. The van der Waals surface area contributed by atoms with Crippen molar-refractivity contribution in [2.24, 2.45) is 11.8 Å². The molecule has 1 saturated carbocycles. The number of nitrogens with zero attached hydrogens (tertiary/aromatic N) is 5. The van der Waals surface area contributed by atoms with E-state index in [0.717, 1.165) is 88.1 Å². The summed E-state index contributed by atoms with van der Waals surface area (Å²) in [6.45, 7) is 6.84. The molecule has 0 bridgehead atoms. The highest BCUT2D eigenvalue weighted by molar-refractivity contribution is 5.78. The number of likely N-dealkylation sites (tertiary alicyclic amines) is 2. The molecule has 3 fully saturated rings. The number of rotatable bonds is 7. The first-order valence-corrected chi connectivity index (χ1v) is 15.1. The van der Waals surface area contributed by atoms with Gasteiger partial charge in [-0.3, -0.25) is 9.69 Å². The number of carboxylic acids is 1. The Hall–Kier alpha value is -3.21. The number of carbonyl (C=O) groups is 1. The molecule has 2 aliphatic heterocycles. The minimum atomic E-state index is -0.634. The van der Waals surface area contributed by atoms with E-state index in [-0.39, 0.29) is 12.0 Å². The average Bonchev–Trinajstić information content (AvgIpc) is 3.53. The molecule has 2 saturated heterocycles. The molecule has 0 spiro atoms. The summed E-state index contributed by atoms with van der Waals surface area (Å²) in [5.41, 5.74) is 4.02. The van der Waals surface area contributed by atoms with Gasteiger partial charge in [0.2, 0.25) is 0 Å². The van der Waals surface area contributed by atoms with Crippen LogP contribution in [0.5, 0.6) is 0 Å². The second kappa shape index (κ2) is 11.7. The van der Waals surface area contributed by atoms with Gasteiger partial charge in [-0.25, -0.2) is 4.98 Å². The summed E-state index contributed by atoms with van der Waals surface area (Å²) >= 11 is 0. The van der Waals surface area contributed by atoms with Crippen molar-refractivity contribution in [2.45, 2.75) is 69.9 Å². The molecule has 3 aromatic rings. The Kier molecular flexibility index (Phi) is 7.91. The summed E-state index contributed by atoms with van der Waals surface area (Å²) in [5.74, 6) is 1.43. The Bertz CT molecular complexity index is 1360. The van der Waals surface area contributed by atoms with Crippen LogP contribution in [0.2, 0.25) is 0 Å². The molecule has 1 N–H and O–H groups in total. The second-order valence-corrected chi connectivity index (χ2v) is 12.3. The van der Waals surface area contributed by atoms with Crippen LogP contribution in [-0.2, 0) is 4.79 Å². The predicted molar refractivity (Wildman–Crippen MR) is 156 cm³/mol. The van der Waals surface area contributed by atoms with Crippen molar-refractivity contribution >= 4 is 17.0 Å². The molecule has 0 radical (unpaired) electrons. The molecular formula is C33H41N5O2. The number of piperidine rings is 1. The SMILES string of the molecule is Cc1nc2cc(C#N)ccc2n1C1CCN(C[C@H]2CN([C@@H](C(=O)O)C3CCCCC3)C[C@@H]2c2ccccc2)CC1. The van der Waals surface area contributed by atoms with Crippen LogP contribution in [-0.4, -0.2) is 69.2 Å². The maximum atomic E-state index is 12.6. The third kappa shape index (κ3) is 5.40. The number of imidazole rings is 1. The Morgan fingerprint density at radius 2 is 1.80 bits per heavy atom. The lowest BCUT2D eigenvalue weighted by Gasteiger charge is -2.36. The summed E-state index contributed by atoms with van der Waals surface area (Å²) in [6.07, 6.45) is 7.78. The number of hydrogen-bond donors (Lipinski definition) is 1. The molecule has 7 heteroatoms. The maximum Gasteiger partial charge on any atom is 0.321 e. The third-order valence-electron chi connectivity index (χ3n) is 9.85. The van der Waals surface area contributed by atoms with Gasteiger partial charge < -0.3 is 14.6 Å². The highest BCUT2D eigenvalue weighted by atomic mass is 16.4. The first-order valence-electron chi connectivity index (χ1n) is 15.1. The Morgan fingerprint density at radius 1 is 1.05 bits per heavy atom. The van der Waals surface area contributed by atoms with Gasteiger partial charge in [-0.15, -0.1) is 0 Å². The normalized spacial score (nSPS) is 24.3. The molecule has 7 nitrogen and oxygen atoms in total. The van der Waals surface area contributed by atoms with Crippen molar-refractivity contribution in [1.82, 2.24) is 19.4 Å². The lowest BCUT2D eigenvalue weighted by molar-refractivity contribution is -0.145. The van der Waals surface area contributed by atoms with E-state index in [2.05, 4.69) is 57.7 Å². The number of aryl methyl sites for hydroxylation is 1. The Labute approximate surface area is 237 Å². The zero-order valence-corrected chi connectivity index (χ0v) is 23.6. The molecule has 3 atom stereocenters. The van der Waals surface area contributed by atoms with Crippen LogP contribution in [0.4, 0.5) is 0 Å². The molecule has 210 valence electrons. The molecule has 1 aromatic heterocycles. The lowest BCUT2D eigenvalue weighted by atomic mass is 9.83. The summed E-state index contributed by atoms with van der Waals surface area (Å²) in [5, 5.41) is 19.6. The van der Waals surface area contributed by atoms with Crippen LogP contribution in [0.25, 0.3) is 11.0 Å². The highest BCUT2D eigenvalue weighted by Gasteiger charge is 2.43. The van der Waals surface area contributed by atoms with Crippen LogP contribution >= 0.6 is 0 Å². The number of fused-ring (bicyclic) bond motifs is 1.